The molecule has 1 heterocycles. The summed E-state index contributed by atoms with van der Waals surface area (Å²) < 4.78 is 7.28. The van der Waals surface area contributed by atoms with Crippen molar-refractivity contribution in [2.75, 3.05) is 13.7 Å². The molecule has 0 aliphatic carbocycles. The quantitative estimate of drug-likeness (QED) is 0.846. The summed E-state index contributed by atoms with van der Waals surface area (Å²) in [5, 5.41) is 10.5. The summed E-state index contributed by atoms with van der Waals surface area (Å²) in [6.45, 7) is 5.49. The second-order valence-corrected chi connectivity index (χ2v) is 5.58. The van der Waals surface area contributed by atoms with E-state index in [1.807, 2.05) is 25.1 Å². The van der Waals surface area contributed by atoms with Crippen LogP contribution in [0.1, 0.15) is 32.5 Å². The molecular weight excluding hydrogens is 252 g/mol. The Balaban J connectivity index is 2.30. The second-order valence-electron chi connectivity index (χ2n) is 5.58. The smallest absolute Gasteiger partial charge is 0.112 e. The molecule has 1 aromatic heterocycles. The van der Waals surface area contributed by atoms with Gasteiger partial charge in [0.05, 0.1) is 16.6 Å². The highest BCUT2D eigenvalue weighted by molar-refractivity contribution is 5.75. The van der Waals surface area contributed by atoms with Crippen molar-refractivity contribution in [3.63, 3.8) is 0 Å². The van der Waals surface area contributed by atoms with Crippen LogP contribution in [-0.4, -0.2) is 34.0 Å². The molecule has 0 fully saturated rings. The summed E-state index contributed by atoms with van der Waals surface area (Å²) in [5.74, 6) is 0.953. The van der Waals surface area contributed by atoms with Crippen LogP contribution in [0.2, 0.25) is 0 Å². The van der Waals surface area contributed by atoms with E-state index >= 15 is 0 Å². The monoisotopic (exact) mass is 276 g/mol. The van der Waals surface area contributed by atoms with Crippen LogP contribution in [0.5, 0.6) is 0 Å². The molecule has 2 aromatic rings. The Morgan fingerprint density at radius 1 is 1.35 bits per heavy atom. The van der Waals surface area contributed by atoms with Crippen molar-refractivity contribution in [3.8, 4) is 0 Å². The molecule has 0 saturated carbocycles. The maximum absolute atomic E-state index is 10.5. The number of hydrogen-bond acceptors (Lipinski definition) is 3. The number of nitrogens with zero attached hydrogens (tertiary/aromatic N) is 2. The number of hydrogen-bond donors (Lipinski definition) is 1. The zero-order valence-corrected chi connectivity index (χ0v) is 12.6. The van der Waals surface area contributed by atoms with Gasteiger partial charge in [0.2, 0.25) is 0 Å². The third-order valence-electron chi connectivity index (χ3n) is 3.56. The summed E-state index contributed by atoms with van der Waals surface area (Å²) in [7, 11) is 1.66. The van der Waals surface area contributed by atoms with Crippen molar-refractivity contribution >= 4 is 11.0 Å². The molecule has 1 unspecified atom stereocenters. The highest BCUT2D eigenvalue weighted by atomic mass is 16.5. The molecule has 4 nitrogen and oxygen atoms in total. The van der Waals surface area contributed by atoms with Gasteiger partial charge in [-0.15, -0.1) is 0 Å². The molecule has 0 aliphatic heterocycles. The topological polar surface area (TPSA) is 47.3 Å². The summed E-state index contributed by atoms with van der Waals surface area (Å²) in [5.41, 5.74) is 1.36. The second kappa shape index (κ2) is 6.37. The minimum Gasteiger partial charge on any atom is -0.390 e. The molecule has 2 rings (SSSR count). The summed E-state index contributed by atoms with van der Waals surface area (Å²) in [6, 6.07) is 8.14. The van der Waals surface area contributed by atoms with E-state index in [9.17, 15) is 5.11 Å². The first-order valence-corrected chi connectivity index (χ1v) is 7.23. The number of fused-ring (bicyclic) bond motifs is 1. The third kappa shape index (κ3) is 3.38. The average molecular weight is 276 g/mol. The fourth-order valence-corrected chi connectivity index (χ4v) is 2.48. The molecule has 0 spiro atoms. The minimum atomic E-state index is -0.789. The lowest BCUT2D eigenvalue weighted by Crippen LogP contribution is -2.30. The molecule has 0 radical (unpaired) electrons. The van der Waals surface area contributed by atoms with Gasteiger partial charge in [-0.1, -0.05) is 19.1 Å². The van der Waals surface area contributed by atoms with E-state index in [0.29, 0.717) is 19.4 Å². The van der Waals surface area contributed by atoms with Gasteiger partial charge >= 0.3 is 0 Å². The molecule has 110 valence electrons. The van der Waals surface area contributed by atoms with Crippen LogP contribution < -0.4 is 0 Å². The number of aryl methyl sites for hydroxylation is 1. The van der Waals surface area contributed by atoms with Crippen LogP contribution in [0, 0.1) is 0 Å². The van der Waals surface area contributed by atoms with E-state index in [-0.39, 0.29) is 0 Å². The van der Waals surface area contributed by atoms with Crippen LogP contribution in [-0.2, 0) is 17.7 Å². The Morgan fingerprint density at radius 3 is 2.80 bits per heavy atom. The Kier molecular flexibility index (Phi) is 4.78. The van der Waals surface area contributed by atoms with Crippen LogP contribution in [0.4, 0.5) is 0 Å². The average Bonchev–Trinajstić information content (AvgIpc) is 2.74. The van der Waals surface area contributed by atoms with E-state index in [2.05, 4.69) is 22.5 Å². The van der Waals surface area contributed by atoms with E-state index in [0.717, 1.165) is 29.8 Å². The number of para-hydroxylation sites is 2. The number of rotatable bonds is 7. The summed E-state index contributed by atoms with van der Waals surface area (Å²) in [4.78, 5) is 4.69. The maximum Gasteiger partial charge on any atom is 0.112 e. The van der Waals surface area contributed by atoms with Gasteiger partial charge in [-0.3, -0.25) is 0 Å². The van der Waals surface area contributed by atoms with Gasteiger partial charge in [0.15, 0.2) is 0 Å². The van der Waals surface area contributed by atoms with Gasteiger partial charge in [-0.25, -0.2) is 4.98 Å². The van der Waals surface area contributed by atoms with E-state index in [4.69, 9.17) is 4.74 Å². The SMILES string of the molecule is CCCn1c(CC(C)(O)CCOC)nc2ccccc21. The highest BCUT2D eigenvalue weighted by Gasteiger charge is 2.24. The first-order chi connectivity index (χ1) is 9.57. The fraction of sp³-hybridized carbons (Fsp3) is 0.562. The zero-order valence-electron chi connectivity index (χ0n) is 12.6. The van der Waals surface area contributed by atoms with Crippen molar-refractivity contribution in [2.24, 2.45) is 0 Å². The fourth-order valence-electron chi connectivity index (χ4n) is 2.48. The number of aromatic nitrogens is 2. The molecule has 20 heavy (non-hydrogen) atoms. The van der Waals surface area contributed by atoms with Gasteiger partial charge in [0.1, 0.15) is 5.82 Å². The molecule has 0 aliphatic rings. The molecule has 1 N–H and O–H groups in total. The lowest BCUT2D eigenvalue weighted by molar-refractivity contribution is 0.0228. The van der Waals surface area contributed by atoms with Crippen LogP contribution in [0.25, 0.3) is 11.0 Å². The molecule has 0 amide bonds. The Labute approximate surface area is 120 Å². The van der Waals surface area contributed by atoms with E-state index in [1.165, 1.54) is 0 Å². The van der Waals surface area contributed by atoms with Crippen molar-refractivity contribution in [1.29, 1.82) is 0 Å². The van der Waals surface area contributed by atoms with Gasteiger partial charge in [0, 0.05) is 26.7 Å². The molecule has 0 saturated heterocycles. The van der Waals surface area contributed by atoms with Crippen molar-refractivity contribution in [1.82, 2.24) is 9.55 Å². The Hall–Kier alpha value is -1.39. The normalized spacial score (nSPS) is 14.6. The number of methoxy groups -OCH3 is 1. The van der Waals surface area contributed by atoms with Crippen LogP contribution in [0.3, 0.4) is 0 Å². The van der Waals surface area contributed by atoms with Gasteiger partial charge < -0.3 is 14.4 Å². The standard InChI is InChI=1S/C16H24N2O2/c1-4-10-18-14-8-6-5-7-13(14)17-15(18)12-16(2,19)9-11-20-3/h5-8,19H,4,9-12H2,1-3H3. The first kappa shape index (κ1) is 15.0. The van der Waals surface area contributed by atoms with Gasteiger partial charge in [0.25, 0.3) is 0 Å². The zero-order chi connectivity index (χ0) is 14.6. The number of benzene rings is 1. The van der Waals surface area contributed by atoms with Gasteiger partial charge in [-0.05, 0) is 31.9 Å². The summed E-state index contributed by atoms with van der Waals surface area (Å²) in [6.07, 6.45) is 2.21. The Morgan fingerprint density at radius 2 is 2.10 bits per heavy atom. The molecular formula is C16H24N2O2. The molecule has 1 aromatic carbocycles. The largest absolute Gasteiger partial charge is 0.390 e. The predicted octanol–water partition coefficient (Wildman–Crippen LogP) is 2.78. The number of imidazole rings is 1. The van der Waals surface area contributed by atoms with Crippen molar-refractivity contribution in [2.45, 2.75) is 45.3 Å². The first-order valence-electron chi connectivity index (χ1n) is 7.23. The molecule has 4 heteroatoms. The van der Waals surface area contributed by atoms with E-state index in [1.54, 1.807) is 7.11 Å². The number of ether oxygens (including phenoxy) is 1. The molecule has 0 bridgehead atoms. The summed E-state index contributed by atoms with van der Waals surface area (Å²) >= 11 is 0. The Bertz CT molecular complexity index is 561. The van der Waals surface area contributed by atoms with E-state index < -0.39 is 5.60 Å². The maximum atomic E-state index is 10.5. The lowest BCUT2D eigenvalue weighted by Gasteiger charge is -2.23. The lowest BCUT2D eigenvalue weighted by atomic mass is 9.98. The van der Waals surface area contributed by atoms with Crippen LogP contribution in [0.15, 0.2) is 24.3 Å². The van der Waals surface area contributed by atoms with Crippen molar-refractivity contribution < 1.29 is 9.84 Å². The van der Waals surface area contributed by atoms with Crippen molar-refractivity contribution in [3.05, 3.63) is 30.1 Å². The molecule has 1 atom stereocenters. The van der Waals surface area contributed by atoms with Gasteiger partial charge in [-0.2, -0.15) is 0 Å². The minimum absolute atomic E-state index is 0.547. The third-order valence-corrected chi connectivity index (χ3v) is 3.56. The predicted molar refractivity (Wildman–Crippen MR) is 80.8 cm³/mol. The highest BCUT2D eigenvalue weighted by Crippen LogP contribution is 2.22. The van der Waals surface area contributed by atoms with Crippen LogP contribution >= 0.6 is 0 Å². The number of aliphatic hydroxyl groups is 1.